The highest BCUT2D eigenvalue weighted by Crippen LogP contribution is 2.23. The van der Waals surface area contributed by atoms with Gasteiger partial charge in [-0.05, 0) is 50.8 Å². The molecule has 0 bridgehead atoms. The van der Waals surface area contributed by atoms with Gasteiger partial charge in [0.2, 0.25) is 5.88 Å². The van der Waals surface area contributed by atoms with E-state index in [2.05, 4.69) is 10.1 Å². The molecular weight excluding hydrogens is 334 g/mol. The average Bonchev–Trinajstić information content (AvgIpc) is 3.08. The van der Waals surface area contributed by atoms with Gasteiger partial charge in [0, 0.05) is 18.5 Å². The number of carbonyl (C=O) groups excluding carboxylic acids is 1. The first-order valence-electron chi connectivity index (χ1n) is 8.91. The largest absolute Gasteiger partial charge is 0.481 e. The van der Waals surface area contributed by atoms with Gasteiger partial charge in [-0.15, -0.1) is 0 Å². The van der Waals surface area contributed by atoms with Crippen LogP contribution >= 0.6 is 0 Å². The van der Waals surface area contributed by atoms with Gasteiger partial charge in [0.05, 0.1) is 38.0 Å². The minimum atomic E-state index is -0.306. The molecule has 7 nitrogen and oxygen atoms in total. The van der Waals surface area contributed by atoms with Gasteiger partial charge in [0.25, 0.3) is 0 Å². The molecule has 0 spiro atoms. The highest BCUT2D eigenvalue weighted by Gasteiger charge is 2.20. The maximum atomic E-state index is 12.0. The van der Waals surface area contributed by atoms with Crippen molar-refractivity contribution >= 4 is 5.97 Å². The smallest absolute Gasteiger partial charge is 0.308 e. The van der Waals surface area contributed by atoms with Gasteiger partial charge < -0.3 is 14.6 Å². The first kappa shape index (κ1) is 19.9. The molecule has 2 heterocycles. The Morgan fingerprint density at radius 1 is 1.35 bits per heavy atom. The molecule has 0 aliphatic carbocycles. The Labute approximate surface area is 154 Å². The van der Waals surface area contributed by atoms with Crippen molar-refractivity contribution in [1.82, 2.24) is 14.8 Å². The first-order valence-corrected chi connectivity index (χ1v) is 8.91. The fourth-order valence-corrected chi connectivity index (χ4v) is 2.71. The van der Waals surface area contributed by atoms with Gasteiger partial charge in [-0.2, -0.15) is 5.10 Å². The van der Waals surface area contributed by atoms with Crippen molar-refractivity contribution in [2.75, 3.05) is 13.7 Å². The van der Waals surface area contributed by atoms with Gasteiger partial charge >= 0.3 is 5.97 Å². The standard InChI is InChI=1S/C19H27N3O4/c1-4-26-19(24)12-17(15-8-9-18(25-3)20-13-15)22-11-10-16(21-22)7-5-6-14(2)23/h8-11,13-14,17,23H,4-7,12H2,1-3H3. The van der Waals surface area contributed by atoms with E-state index in [1.54, 1.807) is 37.9 Å². The van der Waals surface area contributed by atoms with Crippen LogP contribution in [-0.2, 0) is 16.0 Å². The van der Waals surface area contributed by atoms with E-state index in [1.165, 1.54) is 0 Å². The summed E-state index contributed by atoms with van der Waals surface area (Å²) in [6.45, 7) is 3.91. The number of hydrogen-bond acceptors (Lipinski definition) is 6. The number of nitrogens with zero attached hydrogens (tertiary/aromatic N) is 3. The predicted octanol–water partition coefficient (Wildman–Crippen LogP) is 2.53. The summed E-state index contributed by atoms with van der Waals surface area (Å²) < 4.78 is 12.0. The molecule has 0 radical (unpaired) electrons. The second-order valence-corrected chi connectivity index (χ2v) is 6.19. The molecule has 0 amide bonds. The predicted molar refractivity (Wildman–Crippen MR) is 97.0 cm³/mol. The summed E-state index contributed by atoms with van der Waals surface area (Å²) in [5.41, 5.74) is 1.79. The van der Waals surface area contributed by atoms with Crippen LogP contribution in [0.1, 0.15) is 50.4 Å². The van der Waals surface area contributed by atoms with E-state index < -0.39 is 0 Å². The zero-order chi connectivity index (χ0) is 18.9. The summed E-state index contributed by atoms with van der Waals surface area (Å²) >= 11 is 0. The highest BCUT2D eigenvalue weighted by atomic mass is 16.5. The van der Waals surface area contributed by atoms with E-state index in [1.807, 2.05) is 18.3 Å². The maximum Gasteiger partial charge on any atom is 0.308 e. The third-order valence-electron chi connectivity index (χ3n) is 4.06. The lowest BCUT2D eigenvalue weighted by Gasteiger charge is -2.17. The zero-order valence-electron chi connectivity index (χ0n) is 15.6. The molecule has 2 rings (SSSR count). The van der Waals surface area contributed by atoms with E-state index >= 15 is 0 Å². The van der Waals surface area contributed by atoms with Crippen LogP contribution in [0.25, 0.3) is 0 Å². The van der Waals surface area contributed by atoms with Crippen LogP contribution < -0.4 is 4.74 Å². The third-order valence-corrected chi connectivity index (χ3v) is 4.06. The Hall–Kier alpha value is -2.41. The summed E-state index contributed by atoms with van der Waals surface area (Å²) in [5, 5.41) is 14.0. The summed E-state index contributed by atoms with van der Waals surface area (Å²) in [7, 11) is 1.56. The molecule has 2 atom stereocenters. The van der Waals surface area contributed by atoms with Crippen LogP contribution in [0, 0.1) is 0 Å². The fraction of sp³-hybridized carbons (Fsp3) is 0.526. The number of ether oxygens (including phenoxy) is 2. The first-order chi connectivity index (χ1) is 12.5. The molecule has 0 fully saturated rings. The molecule has 2 aromatic rings. The van der Waals surface area contributed by atoms with Crippen molar-refractivity contribution in [2.24, 2.45) is 0 Å². The van der Waals surface area contributed by atoms with E-state index in [9.17, 15) is 9.90 Å². The Morgan fingerprint density at radius 2 is 2.15 bits per heavy atom. The Bertz CT molecular complexity index is 682. The Morgan fingerprint density at radius 3 is 2.77 bits per heavy atom. The summed E-state index contributed by atoms with van der Waals surface area (Å²) in [5.74, 6) is 0.238. The van der Waals surface area contributed by atoms with E-state index in [-0.39, 0.29) is 24.5 Å². The molecule has 26 heavy (non-hydrogen) atoms. The van der Waals surface area contributed by atoms with Crippen LogP contribution in [0.15, 0.2) is 30.6 Å². The van der Waals surface area contributed by atoms with Crippen molar-refractivity contribution in [3.63, 3.8) is 0 Å². The lowest BCUT2D eigenvalue weighted by molar-refractivity contribution is -0.143. The van der Waals surface area contributed by atoms with Crippen molar-refractivity contribution in [3.8, 4) is 5.88 Å². The van der Waals surface area contributed by atoms with Crippen molar-refractivity contribution in [3.05, 3.63) is 41.9 Å². The number of aromatic nitrogens is 3. The maximum absolute atomic E-state index is 12.0. The summed E-state index contributed by atoms with van der Waals surface area (Å²) in [6, 6.07) is 5.29. The molecule has 2 unspecified atom stereocenters. The molecule has 0 aliphatic rings. The number of aryl methyl sites for hydroxylation is 1. The lowest BCUT2D eigenvalue weighted by atomic mass is 10.1. The second-order valence-electron chi connectivity index (χ2n) is 6.19. The van der Waals surface area contributed by atoms with Gasteiger partial charge in [-0.1, -0.05) is 0 Å². The normalized spacial score (nSPS) is 13.2. The van der Waals surface area contributed by atoms with Crippen molar-refractivity contribution in [2.45, 2.75) is 51.7 Å². The Kier molecular flexibility index (Phi) is 7.59. The third kappa shape index (κ3) is 5.84. The van der Waals surface area contributed by atoms with Gasteiger partial charge in [-0.25, -0.2) is 4.98 Å². The van der Waals surface area contributed by atoms with Crippen LogP contribution in [0.2, 0.25) is 0 Å². The molecule has 142 valence electrons. The van der Waals surface area contributed by atoms with Gasteiger partial charge in [0.1, 0.15) is 0 Å². The Balaban J connectivity index is 2.17. The van der Waals surface area contributed by atoms with E-state index in [4.69, 9.17) is 9.47 Å². The van der Waals surface area contributed by atoms with Crippen LogP contribution in [0.4, 0.5) is 0 Å². The van der Waals surface area contributed by atoms with Crippen molar-refractivity contribution < 1.29 is 19.4 Å². The second kappa shape index (κ2) is 9.91. The van der Waals surface area contributed by atoms with E-state index in [0.29, 0.717) is 12.5 Å². The van der Waals surface area contributed by atoms with Gasteiger partial charge in [0.15, 0.2) is 0 Å². The molecule has 0 saturated carbocycles. The topological polar surface area (TPSA) is 86.5 Å². The molecule has 7 heteroatoms. The minimum absolute atomic E-state index is 0.177. The number of carbonyl (C=O) groups is 1. The van der Waals surface area contributed by atoms with Crippen molar-refractivity contribution in [1.29, 1.82) is 0 Å². The monoisotopic (exact) mass is 361 g/mol. The highest BCUT2D eigenvalue weighted by molar-refractivity contribution is 5.70. The molecule has 2 aromatic heterocycles. The average molecular weight is 361 g/mol. The summed E-state index contributed by atoms with van der Waals surface area (Å²) in [6.07, 6.45) is 5.81. The molecule has 0 aliphatic heterocycles. The number of esters is 1. The summed E-state index contributed by atoms with van der Waals surface area (Å²) in [4.78, 5) is 16.3. The molecule has 1 N–H and O–H groups in total. The molecular formula is C19H27N3O4. The molecule has 0 aromatic carbocycles. The molecule has 0 saturated heterocycles. The van der Waals surface area contributed by atoms with E-state index in [0.717, 1.165) is 30.5 Å². The number of rotatable bonds is 10. The minimum Gasteiger partial charge on any atom is -0.481 e. The SMILES string of the molecule is CCOC(=O)CC(c1ccc(OC)nc1)n1ccc(CCCC(C)O)n1. The number of aliphatic hydroxyl groups is 1. The number of aliphatic hydroxyl groups excluding tert-OH is 1. The van der Waals surface area contributed by atoms with Crippen LogP contribution in [0.3, 0.4) is 0 Å². The van der Waals surface area contributed by atoms with Crippen LogP contribution in [-0.4, -0.2) is 45.7 Å². The zero-order valence-corrected chi connectivity index (χ0v) is 15.6. The quantitative estimate of drug-likeness (QED) is 0.655. The van der Waals surface area contributed by atoms with Gasteiger partial charge in [-0.3, -0.25) is 9.48 Å². The number of pyridine rings is 1. The number of methoxy groups -OCH3 is 1. The lowest BCUT2D eigenvalue weighted by Crippen LogP contribution is -2.18. The van der Waals surface area contributed by atoms with Crippen LogP contribution in [0.5, 0.6) is 5.88 Å². The number of hydrogen-bond donors (Lipinski definition) is 1. The fourth-order valence-electron chi connectivity index (χ4n) is 2.71.